The van der Waals surface area contributed by atoms with Gasteiger partial charge in [0.25, 0.3) is 0 Å². The highest BCUT2D eigenvalue weighted by atomic mass is 19.1. The van der Waals surface area contributed by atoms with Gasteiger partial charge in [0.05, 0.1) is 0 Å². The smallest absolute Gasteiger partial charge is 0.162 e. The van der Waals surface area contributed by atoms with Gasteiger partial charge >= 0.3 is 0 Å². The van der Waals surface area contributed by atoms with Crippen LogP contribution in [-0.4, -0.2) is 23.6 Å². The Morgan fingerprint density at radius 2 is 2.29 bits per heavy atom. The molecule has 2 N–H and O–H groups in total. The molecule has 3 nitrogen and oxygen atoms in total. The van der Waals surface area contributed by atoms with Crippen LogP contribution in [0.5, 0.6) is 0 Å². The monoisotopic (exact) mass is 199 g/mol. The summed E-state index contributed by atoms with van der Waals surface area (Å²) < 4.78 is 13.4. The van der Waals surface area contributed by atoms with E-state index in [9.17, 15) is 4.39 Å². The minimum Gasteiger partial charge on any atom is -0.343 e. The summed E-state index contributed by atoms with van der Waals surface area (Å²) in [5, 5.41) is 3.07. The Bertz CT molecular complexity index is 275. The Morgan fingerprint density at radius 1 is 1.57 bits per heavy atom. The molecule has 0 fully saturated rings. The first kappa shape index (κ1) is 11.2. The second kappa shape index (κ2) is 4.55. The van der Waals surface area contributed by atoms with Crippen molar-refractivity contribution in [1.82, 2.24) is 15.3 Å². The summed E-state index contributed by atoms with van der Waals surface area (Å²) in [6.45, 7) is 3.97. The van der Waals surface area contributed by atoms with E-state index < -0.39 is 5.67 Å². The number of halogens is 1. The van der Waals surface area contributed by atoms with Crippen molar-refractivity contribution in [2.75, 3.05) is 13.6 Å². The number of rotatable bonds is 5. The van der Waals surface area contributed by atoms with Gasteiger partial charge in [-0.25, -0.2) is 9.37 Å². The van der Waals surface area contributed by atoms with Crippen LogP contribution in [0, 0.1) is 0 Å². The Morgan fingerprint density at radius 3 is 2.79 bits per heavy atom. The molecule has 0 aliphatic carbocycles. The topological polar surface area (TPSA) is 40.7 Å². The van der Waals surface area contributed by atoms with E-state index in [0.717, 1.165) is 25.1 Å². The van der Waals surface area contributed by atoms with E-state index in [1.54, 1.807) is 6.20 Å². The van der Waals surface area contributed by atoms with E-state index in [4.69, 9.17) is 0 Å². The molecular weight excluding hydrogens is 181 g/mol. The molecular formula is C10H18FN3. The van der Waals surface area contributed by atoms with Gasteiger partial charge < -0.3 is 10.3 Å². The highest BCUT2D eigenvalue weighted by Gasteiger charge is 2.22. The summed E-state index contributed by atoms with van der Waals surface area (Å²) in [5.74, 6) is 0.414. The molecule has 1 rings (SSSR count). The van der Waals surface area contributed by atoms with Crippen LogP contribution in [0.2, 0.25) is 0 Å². The lowest BCUT2D eigenvalue weighted by atomic mass is 10.1. The number of hydrogen-bond acceptors (Lipinski definition) is 2. The first-order chi connectivity index (χ1) is 6.54. The summed E-state index contributed by atoms with van der Waals surface area (Å²) in [6.07, 6.45) is 3.65. The highest BCUT2D eigenvalue weighted by molar-refractivity contribution is 5.06. The van der Waals surface area contributed by atoms with Crippen molar-refractivity contribution >= 4 is 0 Å². The maximum absolute atomic E-state index is 13.4. The highest BCUT2D eigenvalue weighted by Crippen LogP contribution is 2.21. The van der Waals surface area contributed by atoms with Gasteiger partial charge in [-0.05, 0) is 40.3 Å². The van der Waals surface area contributed by atoms with Gasteiger partial charge in [-0.2, -0.15) is 0 Å². The SMILES string of the molecule is CNCCCc1cnc(C(C)(C)F)[nH]1. The summed E-state index contributed by atoms with van der Waals surface area (Å²) in [5.41, 5.74) is -0.373. The van der Waals surface area contributed by atoms with Gasteiger partial charge in [0.1, 0.15) is 5.82 Å². The quantitative estimate of drug-likeness (QED) is 0.709. The maximum atomic E-state index is 13.4. The minimum atomic E-state index is -1.37. The summed E-state index contributed by atoms with van der Waals surface area (Å²) in [7, 11) is 1.92. The zero-order valence-corrected chi connectivity index (χ0v) is 9.02. The molecule has 0 saturated heterocycles. The molecule has 1 heterocycles. The standard InChI is InChI=1S/C10H18FN3/c1-10(2,11)9-13-7-8(14-9)5-4-6-12-3/h7,12H,4-6H2,1-3H3,(H,13,14). The third-order valence-corrected chi connectivity index (χ3v) is 2.06. The molecule has 0 aromatic carbocycles. The number of nitrogens with zero attached hydrogens (tertiary/aromatic N) is 1. The number of alkyl halides is 1. The molecule has 1 aromatic rings. The van der Waals surface area contributed by atoms with E-state index in [-0.39, 0.29) is 0 Å². The zero-order valence-electron chi connectivity index (χ0n) is 9.02. The van der Waals surface area contributed by atoms with Crippen molar-refractivity contribution in [2.24, 2.45) is 0 Å². The second-order valence-electron chi connectivity index (χ2n) is 3.94. The second-order valence-corrected chi connectivity index (χ2v) is 3.94. The zero-order chi connectivity index (χ0) is 10.6. The molecule has 0 aliphatic rings. The molecule has 0 aliphatic heterocycles. The van der Waals surface area contributed by atoms with Crippen molar-refractivity contribution in [1.29, 1.82) is 0 Å². The number of hydrogen-bond donors (Lipinski definition) is 2. The molecule has 1 aromatic heterocycles. The van der Waals surface area contributed by atoms with Crippen molar-refractivity contribution in [2.45, 2.75) is 32.4 Å². The molecule has 80 valence electrons. The van der Waals surface area contributed by atoms with Gasteiger partial charge in [0.15, 0.2) is 5.67 Å². The number of aromatic amines is 1. The van der Waals surface area contributed by atoms with E-state index in [1.807, 2.05) is 7.05 Å². The van der Waals surface area contributed by atoms with Crippen LogP contribution in [0.1, 0.15) is 31.8 Å². The molecule has 0 unspecified atom stereocenters. The fourth-order valence-corrected chi connectivity index (χ4v) is 1.24. The average molecular weight is 199 g/mol. The first-order valence-corrected chi connectivity index (χ1v) is 4.92. The van der Waals surface area contributed by atoms with Gasteiger partial charge in [-0.3, -0.25) is 0 Å². The average Bonchev–Trinajstić information content (AvgIpc) is 2.52. The van der Waals surface area contributed by atoms with E-state index in [2.05, 4.69) is 15.3 Å². The molecule has 0 saturated carbocycles. The fraction of sp³-hybridized carbons (Fsp3) is 0.700. The Hall–Kier alpha value is -0.900. The lowest BCUT2D eigenvalue weighted by Crippen LogP contribution is -2.11. The lowest BCUT2D eigenvalue weighted by molar-refractivity contribution is 0.208. The Kier molecular flexibility index (Phi) is 3.63. The minimum absolute atomic E-state index is 0.414. The maximum Gasteiger partial charge on any atom is 0.162 e. The van der Waals surface area contributed by atoms with E-state index in [1.165, 1.54) is 13.8 Å². The number of H-pyrrole nitrogens is 1. The normalized spacial score (nSPS) is 12.0. The molecule has 0 atom stereocenters. The van der Waals surface area contributed by atoms with Crippen molar-refractivity contribution in [3.63, 3.8) is 0 Å². The number of nitrogens with one attached hydrogen (secondary N) is 2. The van der Waals surface area contributed by atoms with E-state index in [0.29, 0.717) is 5.82 Å². The van der Waals surface area contributed by atoms with Gasteiger partial charge in [0.2, 0.25) is 0 Å². The summed E-state index contributed by atoms with van der Waals surface area (Å²) in [4.78, 5) is 7.01. The van der Waals surface area contributed by atoms with Gasteiger partial charge in [0, 0.05) is 11.9 Å². The van der Waals surface area contributed by atoms with Gasteiger partial charge in [-0.15, -0.1) is 0 Å². The molecule has 0 bridgehead atoms. The molecule has 14 heavy (non-hydrogen) atoms. The molecule has 0 spiro atoms. The third-order valence-electron chi connectivity index (χ3n) is 2.06. The fourth-order valence-electron chi connectivity index (χ4n) is 1.24. The van der Waals surface area contributed by atoms with Crippen molar-refractivity contribution in [3.05, 3.63) is 17.7 Å². The van der Waals surface area contributed by atoms with Crippen molar-refractivity contribution < 1.29 is 4.39 Å². The summed E-state index contributed by atoms with van der Waals surface area (Å²) in [6, 6.07) is 0. The van der Waals surface area contributed by atoms with E-state index >= 15 is 0 Å². The largest absolute Gasteiger partial charge is 0.343 e. The van der Waals surface area contributed by atoms with Crippen LogP contribution in [0.4, 0.5) is 4.39 Å². The van der Waals surface area contributed by atoms with Crippen LogP contribution >= 0.6 is 0 Å². The van der Waals surface area contributed by atoms with Crippen LogP contribution in [0.25, 0.3) is 0 Å². The van der Waals surface area contributed by atoms with Crippen LogP contribution in [-0.2, 0) is 12.1 Å². The molecule has 0 radical (unpaired) electrons. The molecule has 0 amide bonds. The van der Waals surface area contributed by atoms with Gasteiger partial charge in [-0.1, -0.05) is 0 Å². The third kappa shape index (κ3) is 3.10. The number of aryl methyl sites for hydroxylation is 1. The predicted octanol–water partition coefficient (Wildman–Crippen LogP) is 1.77. The molecule has 4 heteroatoms. The van der Waals surface area contributed by atoms with Crippen LogP contribution in [0.15, 0.2) is 6.20 Å². The first-order valence-electron chi connectivity index (χ1n) is 4.92. The summed E-state index contributed by atoms with van der Waals surface area (Å²) >= 11 is 0. The Labute approximate surface area is 84.1 Å². The predicted molar refractivity (Wildman–Crippen MR) is 55.0 cm³/mol. The Balaban J connectivity index is 2.51. The van der Waals surface area contributed by atoms with Crippen molar-refractivity contribution in [3.8, 4) is 0 Å². The van der Waals surface area contributed by atoms with Crippen LogP contribution < -0.4 is 5.32 Å². The number of imidazole rings is 1. The number of aromatic nitrogens is 2. The lowest BCUT2D eigenvalue weighted by Gasteiger charge is -2.09. The van der Waals surface area contributed by atoms with Crippen LogP contribution in [0.3, 0.4) is 0 Å².